The molecule has 0 heterocycles. The highest BCUT2D eigenvalue weighted by atomic mass is 19.4. The van der Waals surface area contributed by atoms with E-state index in [9.17, 15) is 13.2 Å². The normalized spacial score (nSPS) is 23.6. The fourth-order valence-corrected chi connectivity index (χ4v) is 2.76. The Hall–Kier alpha value is -1.23. The fourth-order valence-electron chi connectivity index (χ4n) is 2.76. The van der Waals surface area contributed by atoms with Crippen molar-refractivity contribution in [1.82, 2.24) is 0 Å². The van der Waals surface area contributed by atoms with Crippen LogP contribution in [-0.4, -0.2) is 13.2 Å². The van der Waals surface area contributed by atoms with Gasteiger partial charge in [-0.1, -0.05) is 12.8 Å². The van der Waals surface area contributed by atoms with Gasteiger partial charge >= 0.3 is 6.18 Å². The van der Waals surface area contributed by atoms with Crippen molar-refractivity contribution >= 4 is 0 Å². The zero-order valence-electron chi connectivity index (χ0n) is 11.3. The van der Waals surface area contributed by atoms with Gasteiger partial charge in [-0.3, -0.25) is 0 Å². The van der Waals surface area contributed by atoms with Crippen LogP contribution in [0, 0.1) is 11.8 Å². The van der Waals surface area contributed by atoms with E-state index < -0.39 is 11.7 Å². The first-order valence-corrected chi connectivity index (χ1v) is 7.01. The Labute approximate surface area is 117 Å². The average Bonchev–Trinajstić information content (AvgIpc) is 2.45. The molecule has 2 rings (SSSR count). The largest absolute Gasteiger partial charge is 0.493 e. The van der Waals surface area contributed by atoms with Gasteiger partial charge in [-0.05, 0) is 55.5 Å². The Kier molecular flexibility index (Phi) is 4.91. The number of rotatable bonds is 4. The second kappa shape index (κ2) is 6.48. The molecule has 2 N–H and O–H groups in total. The number of alkyl halides is 3. The van der Waals surface area contributed by atoms with Crippen molar-refractivity contribution in [2.75, 3.05) is 13.2 Å². The molecule has 2 atom stereocenters. The topological polar surface area (TPSA) is 35.2 Å². The molecular formula is C15H20F3NO. The summed E-state index contributed by atoms with van der Waals surface area (Å²) in [4.78, 5) is 0. The molecule has 0 aliphatic heterocycles. The van der Waals surface area contributed by atoms with Gasteiger partial charge in [0.25, 0.3) is 0 Å². The smallest absolute Gasteiger partial charge is 0.416 e. The van der Waals surface area contributed by atoms with E-state index in [0.717, 1.165) is 25.0 Å². The average molecular weight is 287 g/mol. The van der Waals surface area contributed by atoms with Gasteiger partial charge in [-0.2, -0.15) is 13.2 Å². The van der Waals surface area contributed by atoms with E-state index in [1.807, 2.05) is 0 Å². The number of ether oxygens (including phenoxy) is 1. The van der Waals surface area contributed by atoms with E-state index in [1.165, 1.54) is 25.0 Å². The maximum absolute atomic E-state index is 12.4. The van der Waals surface area contributed by atoms with Crippen LogP contribution in [-0.2, 0) is 6.18 Å². The van der Waals surface area contributed by atoms with Crippen LogP contribution in [0.15, 0.2) is 24.3 Å². The van der Waals surface area contributed by atoms with Gasteiger partial charge in [0.05, 0.1) is 12.2 Å². The lowest BCUT2D eigenvalue weighted by Gasteiger charge is -2.30. The van der Waals surface area contributed by atoms with Crippen LogP contribution >= 0.6 is 0 Å². The number of nitrogens with two attached hydrogens (primary N) is 1. The lowest BCUT2D eigenvalue weighted by molar-refractivity contribution is -0.137. The van der Waals surface area contributed by atoms with Crippen molar-refractivity contribution in [1.29, 1.82) is 0 Å². The van der Waals surface area contributed by atoms with E-state index in [2.05, 4.69) is 0 Å². The quantitative estimate of drug-likeness (QED) is 0.913. The minimum Gasteiger partial charge on any atom is -0.493 e. The SMILES string of the molecule is NCC1CCCCC1COc1ccc(C(F)(F)F)cc1. The van der Waals surface area contributed by atoms with Gasteiger partial charge in [0, 0.05) is 0 Å². The summed E-state index contributed by atoms with van der Waals surface area (Å²) in [5, 5.41) is 0. The van der Waals surface area contributed by atoms with Crippen LogP contribution in [0.1, 0.15) is 31.2 Å². The second-order valence-electron chi connectivity index (χ2n) is 5.37. The summed E-state index contributed by atoms with van der Waals surface area (Å²) in [5.41, 5.74) is 5.10. The van der Waals surface area contributed by atoms with Gasteiger partial charge in [0.2, 0.25) is 0 Å². The lowest BCUT2D eigenvalue weighted by Crippen LogP contribution is -2.30. The molecule has 0 radical (unpaired) electrons. The molecule has 112 valence electrons. The predicted octanol–water partition coefficient (Wildman–Crippen LogP) is 3.85. The second-order valence-corrected chi connectivity index (χ2v) is 5.37. The van der Waals surface area contributed by atoms with Crippen molar-refractivity contribution in [2.45, 2.75) is 31.9 Å². The Morgan fingerprint density at radius 2 is 1.65 bits per heavy atom. The van der Waals surface area contributed by atoms with Crippen LogP contribution in [0.4, 0.5) is 13.2 Å². The number of hydrogen-bond acceptors (Lipinski definition) is 2. The molecule has 1 saturated carbocycles. The third kappa shape index (κ3) is 3.88. The molecule has 1 aliphatic carbocycles. The first kappa shape index (κ1) is 15.2. The van der Waals surface area contributed by atoms with Gasteiger partial charge in [0.1, 0.15) is 5.75 Å². The molecule has 0 spiro atoms. The molecule has 0 saturated heterocycles. The fraction of sp³-hybridized carbons (Fsp3) is 0.600. The molecule has 0 aromatic heterocycles. The third-order valence-corrected chi connectivity index (χ3v) is 4.01. The van der Waals surface area contributed by atoms with E-state index in [4.69, 9.17) is 10.5 Å². The maximum atomic E-state index is 12.4. The van der Waals surface area contributed by atoms with Crippen molar-refractivity contribution in [3.63, 3.8) is 0 Å². The summed E-state index contributed by atoms with van der Waals surface area (Å²) in [6, 6.07) is 4.86. The van der Waals surface area contributed by atoms with E-state index in [0.29, 0.717) is 30.7 Å². The molecule has 1 aromatic carbocycles. The molecule has 2 nitrogen and oxygen atoms in total. The van der Waals surface area contributed by atoms with Crippen LogP contribution in [0.5, 0.6) is 5.75 Å². The van der Waals surface area contributed by atoms with Gasteiger partial charge in [0.15, 0.2) is 0 Å². The third-order valence-electron chi connectivity index (χ3n) is 4.01. The van der Waals surface area contributed by atoms with Gasteiger partial charge in [-0.15, -0.1) is 0 Å². The molecule has 1 fully saturated rings. The molecule has 0 amide bonds. The predicted molar refractivity (Wildman–Crippen MR) is 71.4 cm³/mol. The molecule has 1 aliphatic rings. The highest BCUT2D eigenvalue weighted by Gasteiger charge is 2.30. The standard InChI is InChI=1S/C15H20F3NO/c16-15(17,18)13-5-7-14(8-6-13)20-10-12-4-2-1-3-11(12)9-19/h5-8,11-12H,1-4,9-10,19H2. The van der Waals surface area contributed by atoms with E-state index in [1.54, 1.807) is 0 Å². The van der Waals surface area contributed by atoms with Crippen molar-refractivity contribution < 1.29 is 17.9 Å². The first-order valence-electron chi connectivity index (χ1n) is 7.01. The first-order chi connectivity index (χ1) is 9.50. The van der Waals surface area contributed by atoms with Crippen LogP contribution < -0.4 is 10.5 Å². The Morgan fingerprint density at radius 1 is 1.05 bits per heavy atom. The zero-order valence-corrected chi connectivity index (χ0v) is 11.3. The Bertz CT molecular complexity index is 416. The lowest BCUT2D eigenvalue weighted by atomic mass is 9.80. The van der Waals surface area contributed by atoms with Crippen LogP contribution in [0.25, 0.3) is 0 Å². The molecule has 2 unspecified atom stereocenters. The minimum absolute atomic E-state index is 0.413. The van der Waals surface area contributed by atoms with Crippen LogP contribution in [0.2, 0.25) is 0 Å². The zero-order chi connectivity index (χ0) is 14.6. The van der Waals surface area contributed by atoms with Crippen molar-refractivity contribution in [3.05, 3.63) is 29.8 Å². The Morgan fingerprint density at radius 3 is 2.20 bits per heavy atom. The maximum Gasteiger partial charge on any atom is 0.416 e. The van der Waals surface area contributed by atoms with Gasteiger partial charge in [-0.25, -0.2) is 0 Å². The van der Waals surface area contributed by atoms with Crippen LogP contribution in [0.3, 0.4) is 0 Å². The molecular weight excluding hydrogens is 267 g/mol. The summed E-state index contributed by atoms with van der Waals surface area (Å²) < 4.78 is 42.9. The summed E-state index contributed by atoms with van der Waals surface area (Å²) in [6.45, 7) is 1.19. The molecule has 1 aromatic rings. The summed E-state index contributed by atoms with van der Waals surface area (Å²) in [6.07, 6.45) is 0.294. The molecule has 5 heteroatoms. The minimum atomic E-state index is -4.30. The summed E-state index contributed by atoms with van der Waals surface area (Å²) in [7, 11) is 0. The molecule has 0 bridgehead atoms. The summed E-state index contributed by atoms with van der Waals surface area (Å²) in [5.74, 6) is 1.37. The van der Waals surface area contributed by atoms with Gasteiger partial charge < -0.3 is 10.5 Å². The Balaban J connectivity index is 1.90. The number of hydrogen-bond donors (Lipinski definition) is 1. The van der Waals surface area contributed by atoms with E-state index >= 15 is 0 Å². The van der Waals surface area contributed by atoms with Crippen molar-refractivity contribution in [3.8, 4) is 5.75 Å². The number of benzene rings is 1. The monoisotopic (exact) mass is 287 g/mol. The highest BCUT2D eigenvalue weighted by molar-refractivity contribution is 5.28. The highest BCUT2D eigenvalue weighted by Crippen LogP contribution is 2.32. The summed E-state index contributed by atoms with van der Waals surface area (Å²) >= 11 is 0. The number of halogens is 3. The van der Waals surface area contributed by atoms with Crippen molar-refractivity contribution in [2.24, 2.45) is 17.6 Å². The van der Waals surface area contributed by atoms with E-state index in [-0.39, 0.29) is 0 Å². The molecule has 20 heavy (non-hydrogen) atoms.